The normalized spacial score (nSPS) is 11.6. The molecule has 0 aromatic heterocycles. The molecule has 0 spiro atoms. The van der Waals surface area contributed by atoms with Crippen molar-refractivity contribution in [3.8, 4) is 0 Å². The summed E-state index contributed by atoms with van der Waals surface area (Å²) in [7, 11) is -3.72. The van der Waals surface area contributed by atoms with E-state index in [0.29, 0.717) is 23.8 Å². The van der Waals surface area contributed by atoms with Gasteiger partial charge in [0.15, 0.2) is 0 Å². The van der Waals surface area contributed by atoms with E-state index in [1.807, 2.05) is 0 Å². The predicted octanol–water partition coefficient (Wildman–Crippen LogP) is 4.21. The monoisotopic (exact) mass is 414 g/mol. The summed E-state index contributed by atoms with van der Waals surface area (Å²) in [5, 5.41) is 3.42. The Morgan fingerprint density at radius 1 is 1.04 bits per heavy atom. The van der Waals surface area contributed by atoms with E-state index >= 15 is 0 Å². The van der Waals surface area contributed by atoms with E-state index in [-0.39, 0.29) is 22.2 Å². The van der Waals surface area contributed by atoms with Crippen molar-refractivity contribution in [2.75, 3.05) is 18.4 Å². The van der Waals surface area contributed by atoms with Gasteiger partial charge in [-0.1, -0.05) is 49.2 Å². The highest BCUT2D eigenvalue weighted by molar-refractivity contribution is 7.89. The van der Waals surface area contributed by atoms with Crippen molar-refractivity contribution >= 4 is 44.8 Å². The molecule has 2 aromatic carbocycles. The summed E-state index contributed by atoms with van der Waals surface area (Å²) in [5.74, 6) is -0.263. The van der Waals surface area contributed by atoms with Gasteiger partial charge >= 0.3 is 0 Å². The van der Waals surface area contributed by atoms with Crippen LogP contribution in [-0.2, 0) is 21.2 Å². The summed E-state index contributed by atoms with van der Waals surface area (Å²) in [5.41, 5.74) is 1.18. The highest BCUT2D eigenvalue weighted by Gasteiger charge is 2.24. The highest BCUT2D eigenvalue weighted by atomic mass is 35.5. The van der Waals surface area contributed by atoms with Crippen LogP contribution in [0.25, 0.3) is 0 Å². The summed E-state index contributed by atoms with van der Waals surface area (Å²) in [6.07, 6.45) is 0.151. The molecule has 0 aliphatic rings. The molecule has 0 saturated carbocycles. The number of nitrogens with one attached hydrogen (secondary N) is 1. The Morgan fingerprint density at radius 3 is 2.23 bits per heavy atom. The Kier molecular flexibility index (Phi) is 7.06. The number of hydrogen-bond donors (Lipinski definition) is 1. The summed E-state index contributed by atoms with van der Waals surface area (Å²) < 4.78 is 26.7. The summed E-state index contributed by atoms with van der Waals surface area (Å²) >= 11 is 11.9. The van der Waals surface area contributed by atoms with E-state index in [1.54, 1.807) is 44.2 Å². The number of amides is 1. The van der Waals surface area contributed by atoms with Gasteiger partial charge in [0, 0.05) is 23.8 Å². The van der Waals surface area contributed by atoms with Crippen LogP contribution < -0.4 is 5.32 Å². The van der Waals surface area contributed by atoms with Crippen molar-refractivity contribution in [2.45, 2.75) is 25.2 Å². The molecule has 1 amide bonds. The first kappa shape index (κ1) is 20.7. The zero-order chi connectivity index (χ0) is 19.3. The molecule has 0 unspecified atom stereocenters. The Labute approximate surface area is 164 Å². The maximum absolute atomic E-state index is 12.7. The van der Waals surface area contributed by atoms with E-state index < -0.39 is 10.0 Å². The molecule has 0 fully saturated rings. The van der Waals surface area contributed by atoms with Gasteiger partial charge in [-0.25, -0.2) is 8.42 Å². The first-order valence-electron chi connectivity index (χ1n) is 8.12. The quantitative estimate of drug-likeness (QED) is 0.737. The van der Waals surface area contributed by atoms with Crippen LogP contribution in [0.1, 0.15) is 19.4 Å². The minimum Gasteiger partial charge on any atom is -0.326 e. The zero-order valence-corrected chi connectivity index (χ0v) is 16.8. The number of sulfonamides is 1. The van der Waals surface area contributed by atoms with Crippen molar-refractivity contribution in [3.05, 3.63) is 58.1 Å². The zero-order valence-electron chi connectivity index (χ0n) is 14.5. The molecule has 26 heavy (non-hydrogen) atoms. The molecule has 0 aliphatic heterocycles. The third-order valence-electron chi connectivity index (χ3n) is 3.82. The predicted molar refractivity (Wildman–Crippen MR) is 105 cm³/mol. The number of carbonyl (C=O) groups excluding carboxylic acids is 1. The lowest BCUT2D eigenvalue weighted by molar-refractivity contribution is -0.115. The molecule has 0 bridgehead atoms. The minimum absolute atomic E-state index is 0.0211. The number of benzene rings is 2. The second kappa shape index (κ2) is 8.86. The summed E-state index contributed by atoms with van der Waals surface area (Å²) in [6, 6.07) is 11.4. The molecule has 2 aromatic rings. The maximum atomic E-state index is 12.7. The third-order valence-corrected chi connectivity index (χ3v) is 6.60. The van der Waals surface area contributed by atoms with Gasteiger partial charge in [0.2, 0.25) is 15.9 Å². The van der Waals surface area contributed by atoms with Gasteiger partial charge in [0.05, 0.1) is 11.4 Å². The maximum Gasteiger partial charge on any atom is 0.244 e. The van der Waals surface area contributed by atoms with Crippen LogP contribution in [0.3, 0.4) is 0 Å². The van der Waals surface area contributed by atoms with E-state index in [9.17, 15) is 13.2 Å². The Bertz CT molecular complexity index is 880. The fourth-order valence-corrected chi connectivity index (χ4v) is 4.56. The van der Waals surface area contributed by atoms with Crippen LogP contribution in [0.4, 0.5) is 5.69 Å². The molecule has 1 N–H and O–H groups in total. The molecule has 0 atom stereocenters. The van der Waals surface area contributed by atoms with Crippen molar-refractivity contribution in [3.63, 3.8) is 0 Å². The van der Waals surface area contributed by atoms with E-state index in [2.05, 4.69) is 5.32 Å². The largest absolute Gasteiger partial charge is 0.326 e. The molecule has 2 rings (SSSR count). The van der Waals surface area contributed by atoms with Crippen molar-refractivity contribution < 1.29 is 13.2 Å². The molecule has 0 saturated heterocycles. The minimum atomic E-state index is -3.72. The first-order chi connectivity index (χ1) is 12.3. The van der Waals surface area contributed by atoms with Crippen molar-refractivity contribution in [1.82, 2.24) is 4.31 Å². The lowest BCUT2D eigenvalue weighted by Gasteiger charge is -2.19. The molecule has 5 nitrogen and oxygen atoms in total. The van der Waals surface area contributed by atoms with Gasteiger partial charge in [-0.05, 0) is 35.9 Å². The van der Waals surface area contributed by atoms with E-state index in [1.165, 1.54) is 16.4 Å². The van der Waals surface area contributed by atoms with Crippen LogP contribution in [0, 0.1) is 0 Å². The fourth-order valence-electron chi connectivity index (χ4n) is 2.47. The highest BCUT2D eigenvalue weighted by Crippen LogP contribution is 2.27. The summed E-state index contributed by atoms with van der Waals surface area (Å²) in [6.45, 7) is 4.18. The summed E-state index contributed by atoms with van der Waals surface area (Å²) in [4.78, 5) is 12.2. The van der Waals surface area contributed by atoms with Gasteiger partial charge in [-0.15, -0.1) is 0 Å². The van der Waals surface area contributed by atoms with Crippen LogP contribution in [0.15, 0.2) is 47.4 Å². The first-order valence-corrected chi connectivity index (χ1v) is 10.3. The lowest BCUT2D eigenvalue weighted by atomic mass is 10.1. The topological polar surface area (TPSA) is 66.5 Å². The SMILES string of the molecule is CCN(CC)S(=O)(=O)c1cc(NC(=O)Cc2ccc(Cl)cc2)ccc1Cl. The van der Waals surface area contributed by atoms with Crippen molar-refractivity contribution in [2.24, 2.45) is 0 Å². The van der Waals surface area contributed by atoms with Gasteiger partial charge in [0.1, 0.15) is 4.90 Å². The Morgan fingerprint density at radius 2 is 1.65 bits per heavy atom. The number of rotatable bonds is 7. The number of hydrogen-bond acceptors (Lipinski definition) is 3. The second-order valence-corrected chi connectivity index (χ2v) is 8.34. The molecule has 8 heteroatoms. The van der Waals surface area contributed by atoms with Gasteiger partial charge in [-0.3, -0.25) is 4.79 Å². The molecular formula is C18H20Cl2N2O3S. The average Bonchev–Trinajstić information content (AvgIpc) is 2.59. The van der Waals surface area contributed by atoms with Gasteiger partial charge in [0.25, 0.3) is 0 Å². The molecule has 0 heterocycles. The smallest absolute Gasteiger partial charge is 0.244 e. The van der Waals surface area contributed by atoms with Crippen LogP contribution in [0.2, 0.25) is 10.0 Å². The van der Waals surface area contributed by atoms with Crippen LogP contribution >= 0.6 is 23.2 Å². The number of halogens is 2. The second-order valence-electron chi connectivity index (χ2n) is 5.59. The van der Waals surface area contributed by atoms with E-state index in [0.717, 1.165) is 5.56 Å². The molecule has 140 valence electrons. The standard InChI is InChI=1S/C18H20Cl2N2O3S/c1-3-22(4-2)26(24,25)17-12-15(9-10-16(17)20)21-18(23)11-13-5-7-14(19)8-6-13/h5-10,12H,3-4,11H2,1-2H3,(H,21,23). The number of nitrogens with zero attached hydrogens (tertiary/aromatic N) is 1. The van der Waals surface area contributed by atoms with Crippen molar-refractivity contribution in [1.29, 1.82) is 0 Å². The van der Waals surface area contributed by atoms with Crippen LogP contribution in [-0.4, -0.2) is 31.7 Å². The Hall–Kier alpha value is -1.60. The average molecular weight is 415 g/mol. The number of carbonyl (C=O) groups is 1. The lowest BCUT2D eigenvalue weighted by Crippen LogP contribution is -2.30. The fraction of sp³-hybridized carbons (Fsp3) is 0.278. The third kappa shape index (κ3) is 4.98. The van der Waals surface area contributed by atoms with Gasteiger partial charge < -0.3 is 5.32 Å². The molecule has 0 aliphatic carbocycles. The molecular weight excluding hydrogens is 395 g/mol. The Balaban J connectivity index is 2.21. The number of anilines is 1. The van der Waals surface area contributed by atoms with Gasteiger partial charge in [-0.2, -0.15) is 4.31 Å². The van der Waals surface area contributed by atoms with Crippen LogP contribution in [0.5, 0.6) is 0 Å². The molecule has 0 radical (unpaired) electrons. The van der Waals surface area contributed by atoms with E-state index in [4.69, 9.17) is 23.2 Å².